The topological polar surface area (TPSA) is 44.4 Å². The molecule has 2 N–H and O–H groups in total. The highest BCUT2D eigenvalue weighted by Gasteiger charge is 2.22. The highest BCUT2D eigenvalue weighted by molar-refractivity contribution is 5.76. The first-order valence-corrected chi connectivity index (χ1v) is 8.05. The zero-order valence-corrected chi connectivity index (χ0v) is 12.8. The molecule has 1 fully saturated rings. The minimum atomic E-state index is 0.208. The van der Waals surface area contributed by atoms with Crippen LogP contribution in [0.5, 0.6) is 0 Å². The van der Waals surface area contributed by atoms with Crippen LogP contribution >= 0.6 is 0 Å². The van der Waals surface area contributed by atoms with Gasteiger partial charge in [0.15, 0.2) is 0 Å². The number of carbonyl (C=O) groups excluding carboxylic acids is 1. The predicted molar refractivity (Wildman–Crippen MR) is 85.5 cm³/mol. The van der Waals surface area contributed by atoms with Crippen LogP contribution in [0.25, 0.3) is 0 Å². The molecular weight excluding hydrogens is 262 g/mol. The van der Waals surface area contributed by atoms with Gasteiger partial charge in [0.2, 0.25) is 5.91 Å². The van der Waals surface area contributed by atoms with Crippen LogP contribution in [0.4, 0.5) is 5.69 Å². The van der Waals surface area contributed by atoms with Crippen LogP contribution < -0.4 is 15.5 Å². The van der Waals surface area contributed by atoms with E-state index in [1.165, 1.54) is 16.8 Å². The fraction of sp³-hybridized carbons (Fsp3) is 0.588. The van der Waals surface area contributed by atoms with Crippen LogP contribution in [0.1, 0.15) is 36.8 Å². The van der Waals surface area contributed by atoms with Crippen LogP contribution in [-0.2, 0) is 17.8 Å². The maximum atomic E-state index is 11.5. The SMILES string of the molecule is CN1CCc2cc(CNCCCC(=O)NC3CC3)ccc21. The lowest BCUT2D eigenvalue weighted by molar-refractivity contribution is -0.121. The Morgan fingerprint density at radius 3 is 3.05 bits per heavy atom. The van der Waals surface area contributed by atoms with E-state index in [9.17, 15) is 4.79 Å². The first-order chi connectivity index (χ1) is 10.2. The van der Waals surface area contributed by atoms with Gasteiger partial charge in [-0.15, -0.1) is 0 Å². The number of anilines is 1. The van der Waals surface area contributed by atoms with Gasteiger partial charge in [0.25, 0.3) is 0 Å². The van der Waals surface area contributed by atoms with Crippen molar-refractivity contribution in [3.8, 4) is 0 Å². The van der Waals surface area contributed by atoms with E-state index in [4.69, 9.17) is 0 Å². The zero-order chi connectivity index (χ0) is 14.7. The number of fused-ring (bicyclic) bond motifs is 1. The third-order valence-electron chi connectivity index (χ3n) is 4.30. The third kappa shape index (κ3) is 3.97. The number of likely N-dealkylation sites (N-methyl/N-ethyl adjacent to an activating group) is 1. The maximum Gasteiger partial charge on any atom is 0.220 e. The van der Waals surface area contributed by atoms with E-state index >= 15 is 0 Å². The Hall–Kier alpha value is -1.55. The lowest BCUT2D eigenvalue weighted by atomic mass is 10.1. The molecule has 0 spiro atoms. The Balaban J connectivity index is 1.34. The summed E-state index contributed by atoms with van der Waals surface area (Å²) in [4.78, 5) is 13.9. The second-order valence-corrected chi connectivity index (χ2v) is 6.26. The second kappa shape index (κ2) is 6.48. The molecule has 4 heteroatoms. The van der Waals surface area contributed by atoms with Crippen LogP contribution in [0.2, 0.25) is 0 Å². The molecule has 21 heavy (non-hydrogen) atoms. The molecule has 1 aromatic carbocycles. The van der Waals surface area contributed by atoms with Gasteiger partial charge in [-0.3, -0.25) is 4.79 Å². The van der Waals surface area contributed by atoms with Gasteiger partial charge in [-0.05, 0) is 49.4 Å². The molecule has 0 radical (unpaired) electrons. The van der Waals surface area contributed by atoms with Gasteiger partial charge in [-0.2, -0.15) is 0 Å². The van der Waals surface area contributed by atoms with Crippen molar-refractivity contribution in [2.75, 3.05) is 25.0 Å². The van der Waals surface area contributed by atoms with Crippen molar-refractivity contribution in [2.45, 2.75) is 44.7 Å². The molecule has 0 aromatic heterocycles. The van der Waals surface area contributed by atoms with Crippen molar-refractivity contribution >= 4 is 11.6 Å². The first-order valence-electron chi connectivity index (χ1n) is 8.05. The molecule has 0 unspecified atom stereocenters. The van der Waals surface area contributed by atoms with E-state index < -0.39 is 0 Å². The maximum absolute atomic E-state index is 11.5. The summed E-state index contributed by atoms with van der Waals surface area (Å²) >= 11 is 0. The van der Waals surface area contributed by atoms with Crippen LogP contribution in [0.3, 0.4) is 0 Å². The van der Waals surface area contributed by atoms with Crippen molar-refractivity contribution in [1.29, 1.82) is 0 Å². The molecule has 0 atom stereocenters. The Morgan fingerprint density at radius 2 is 2.24 bits per heavy atom. The van der Waals surface area contributed by atoms with E-state index in [-0.39, 0.29) is 5.91 Å². The number of rotatable bonds is 7. The van der Waals surface area contributed by atoms with Gasteiger partial charge in [-0.25, -0.2) is 0 Å². The van der Waals surface area contributed by atoms with Gasteiger partial charge in [-0.1, -0.05) is 12.1 Å². The largest absolute Gasteiger partial charge is 0.374 e. The van der Waals surface area contributed by atoms with E-state index in [0.717, 1.165) is 45.3 Å². The monoisotopic (exact) mass is 287 g/mol. The highest BCUT2D eigenvalue weighted by atomic mass is 16.1. The lowest BCUT2D eigenvalue weighted by Crippen LogP contribution is -2.26. The molecule has 1 aliphatic heterocycles. The summed E-state index contributed by atoms with van der Waals surface area (Å²) in [7, 11) is 2.15. The van der Waals surface area contributed by atoms with Crippen LogP contribution in [0, 0.1) is 0 Å². The number of carbonyl (C=O) groups is 1. The smallest absolute Gasteiger partial charge is 0.220 e. The fourth-order valence-corrected chi connectivity index (χ4v) is 2.86. The van der Waals surface area contributed by atoms with Crippen molar-refractivity contribution in [1.82, 2.24) is 10.6 Å². The Labute approximate surface area is 126 Å². The van der Waals surface area contributed by atoms with Crippen LogP contribution in [0.15, 0.2) is 18.2 Å². The van der Waals surface area contributed by atoms with E-state index in [0.29, 0.717) is 12.5 Å². The van der Waals surface area contributed by atoms with Gasteiger partial charge < -0.3 is 15.5 Å². The average molecular weight is 287 g/mol. The quantitative estimate of drug-likeness (QED) is 0.752. The Morgan fingerprint density at radius 1 is 1.38 bits per heavy atom. The fourth-order valence-electron chi connectivity index (χ4n) is 2.86. The molecule has 3 rings (SSSR count). The van der Waals surface area contributed by atoms with E-state index in [1.807, 2.05) is 0 Å². The Kier molecular flexibility index (Phi) is 4.44. The summed E-state index contributed by atoms with van der Waals surface area (Å²) in [6.07, 6.45) is 5.03. The molecule has 1 aliphatic carbocycles. The molecule has 4 nitrogen and oxygen atoms in total. The predicted octanol–water partition coefficient (Wildman–Crippen LogP) is 1.83. The normalized spacial score (nSPS) is 16.9. The average Bonchev–Trinajstić information content (AvgIpc) is 3.21. The second-order valence-electron chi connectivity index (χ2n) is 6.26. The molecule has 114 valence electrons. The number of nitrogens with one attached hydrogen (secondary N) is 2. The van der Waals surface area contributed by atoms with Gasteiger partial charge in [0.05, 0.1) is 0 Å². The molecule has 1 aromatic rings. The summed E-state index contributed by atoms with van der Waals surface area (Å²) in [5, 5.41) is 6.46. The zero-order valence-electron chi connectivity index (χ0n) is 12.8. The minimum absolute atomic E-state index is 0.208. The van der Waals surface area contributed by atoms with Crippen LogP contribution in [-0.4, -0.2) is 32.1 Å². The summed E-state index contributed by atoms with van der Waals surface area (Å²) in [5.74, 6) is 0.208. The van der Waals surface area contributed by atoms with Crippen molar-refractivity contribution in [3.05, 3.63) is 29.3 Å². The number of hydrogen-bond acceptors (Lipinski definition) is 3. The first kappa shape index (κ1) is 14.4. The third-order valence-corrected chi connectivity index (χ3v) is 4.30. The van der Waals surface area contributed by atoms with E-state index in [1.54, 1.807) is 0 Å². The highest BCUT2D eigenvalue weighted by Crippen LogP contribution is 2.27. The Bertz CT molecular complexity index is 511. The molecule has 0 bridgehead atoms. The molecule has 1 saturated carbocycles. The molecule has 1 heterocycles. The van der Waals surface area contributed by atoms with Crippen molar-refractivity contribution in [2.24, 2.45) is 0 Å². The number of benzene rings is 1. The molecule has 1 amide bonds. The molecular formula is C17H25N3O. The lowest BCUT2D eigenvalue weighted by Gasteiger charge is -2.12. The van der Waals surface area contributed by atoms with Crippen molar-refractivity contribution in [3.63, 3.8) is 0 Å². The molecule has 0 saturated heterocycles. The number of nitrogens with zero attached hydrogens (tertiary/aromatic N) is 1. The summed E-state index contributed by atoms with van der Waals surface area (Å²) in [6, 6.07) is 7.22. The van der Waals surface area contributed by atoms with Gasteiger partial charge in [0.1, 0.15) is 0 Å². The van der Waals surface area contributed by atoms with E-state index in [2.05, 4.69) is 40.8 Å². The standard InChI is InChI=1S/C17H25N3O/c1-20-10-8-14-11-13(4-7-16(14)20)12-18-9-2-3-17(21)19-15-5-6-15/h4,7,11,15,18H,2-3,5-6,8-10,12H2,1H3,(H,19,21). The summed E-state index contributed by atoms with van der Waals surface area (Å²) in [6.45, 7) is 2.92. The van der Waals surface area contributed by atoms with Crippen molar-refractivity contribution < 1.29 is 4.79 Å². The number of hydrogen-bond donors (Lipinski definition) is 2. The van der Waals surface area contributed by atoms with Gasteiger partial charge in [0, 0.05) is 38.3 Å². The van der Waals surface area contributed by atoms with Gasteiger partial charge >= 0.3 is 0 Å². The number of amides is 1. The molecule has 2 aliphatic rings. The minimum Gasteiger partial charge on any atom is -0.374 e. The summed E-state index contributed by atoms with van der Waals surface area (Å²) in [5.41, 5.74) is 4.17. The summed E-state index contributed by atoms with van der Waals surface area (Å²) < 4.78 is 0.